The van der Waals surface area contributed by atoms with E-state index in [0.29, 0.717) is 12.6 Å². The molecule has 1 heterocycles. The smallest absolute Gasteiger partial charge is 0.240 e. The fourth-order valence-electron chi connectivity index (χ4n) is 2.01. The third-order valence-corrected chi connectivity index (χ3v) is 3.55. The lowest BCUT2D eigenvalue weighted by atomic mass is 9.86. The molecule has 0 bridgehead atoms. The van der Waals surface area contributed by atoms with Crippen molar-refractivity contribution in [1.29, 1.82) is 0 Å². The molecule has 0 saturated heterocycles. The second-order valence-corrected chi connectivity index (χ2v) is 6.40. The average Bonchev–Trinajstić information content (AvgIpc) is 3.18. The van der Waals surface area contributed by atoms with Crippen molar-refractivity contribution in [3.05, 3.63) is 30.1 Å². The number of hydrogen-bond donors (Lipinski definition) is 1. The predicted octanol–water partition coefficient (Wildman–Crippen LogP) is 1.95. The van der Waals surface area contributed by atoms with Crippen molar-refractivity contribution in [1.82, 2.24) is 9.88 Å². The van der Waals surface area contributed by atoms with E-state index < -0.39 is 6.04 Å². The molecule has 2 rings (SSSR count). The zero-order chi connectivity index (χ0) is 14.0. The summed E-state index contributed by atoms with van der Waals surface area (Å²) in [4.78, 5) is 18.6. The van der Waals surface area contributed by atoms with Crippen LogP contribution in [0.25, 0.3) is 0 Å². The number of hydrogen-bond acceptors (Lipinski definition) is 3. The Hall–Kier alpha value is -1.42. The number of amides is 1. The van der Waals surface area contributed by atoms with Crippen LogP contribution < -0.4 is 5.73 Å². The third-order valence-electron chi connectivity index (χ3n) is 3.55. The monoisotopic (exact) mass is 261 g/mol. The summed E-state index contributed by atoms with van der Waals surface area (Å²) in [5.74, 6) is 0.0545. The van der Waals surface area contributed by atoms with Crippen LogP contribution in [0.1, 0.15) is 39.2 Å². The highest BCUT2D eigenvalue weighted by Crippen LogP contribution is 2.30. The lowest BCUT2D eigenvalue weighted by molar-refractivity contribution is -0.136. The summed E-state index contributed by atoms with van der Waals surface area (Å²) < 4.78 is 0. The molecule has 1 aliphatic carbocycles. The summed E-state index contributed by atoms with van der Waals surface area (Å²) in [5, 5.41) is 0. The van der Waals surface area contributed by atoms with Crippen molar-refractivity contribution in [2.24, 2.45) is 11.1 Å². The summed E-state index contributed by atoms with van der Waals surface area (Å²) in [7, 11) is 0. The minimum atomic E-state index is -0.454. The van der Waals surface area contributed by atoms with Crippen LogP contribution in [0.4, 0.5) is 0 Å². The Balaban J connectivity index is 2.10. The van der Waals surface area contributed by atoms with Gasteiger partial charge in [0, 0.05) is 25.0 Å². The van der Waals surface area contributed by atoms with Crippen molar-refractivity contribution in [2.75, 3.05) is 0 Å². The molecule has 1 aromatic heterocycles. The predicted molar refractivity (Wildman–Crippen MR) is 75.2 cm³/mol. The molecule has 4 heteroatoms. The fourth-order valence-corrected chi connectivity index (χ4v) is 2.01. The maximum atomic E-state index is 12.6. The maximum Gasteiger partial charge on any atom is 0.240 e. The van der Waals surface area contributed by atoms with E-state index in [9.17, 15) is 4.79 Å². The summed E-state index contributed by atoms with van der Waals surface area (Å²) in [6, 6.07) is 3.80. The number of aromatic nitrogens is 1. The molecule has 1 aliphatic rings. The Morgan fingerprint density at radius 2 is 2.21 bits per heavy atom. The normalized spacial score (nSPS) is 17.1. The van der Waals surface area contributed by atoms with Crippen molar-refractivity contribution >= 4 is 5.91 Å². The first kappa shape index (κ1) is 14.0. The molecule has 0 spiro atoms. The molecule has 1 atom stereocenters. The number of rotatable bonds is 4. The van der Waals surface area contributed by atoms with E-state index in [2.05, 4.69) is 4.98 Å². The SMILES string of the molecule is CC(C)(C)[C@H](N)C(=O)N(Cc1cccnc1)C1CC1. The topological polar surface area (TPSA) is 59.2 Å². The van der Waals surface area contributed by atoms with Crippen LogP contribution in [0.15, 0.2) is 24.5 Å². The Morgan fingerprint density at radius 3 is 2.68 bits per heavy atom. The second kappa shape index (κ2) is 5.29. The molecule has 1 saturated carbocycles. The van der Waals surface area contributed by atoms with Crippen LogP contribution in [0.2, 0.25) is 0 Å². The molecule has 0 radical (unpaired) electrons. The number of carbonyl (C=O) groups is 1. The Kier molecular flexibility index (Phi) is 3.90. The minimum absolute atomic E-state index is 0.0545. The van der Waals surface area contributed by atoms with Crippen LogP contribution in [0, 0.1) is 5.41 Å². The highest BCUT2D eigenvalue weighted by atomic mass is 16.2. The fraction of sp³-hybridized carbons (Fsp3) is 0.600. The van der Waals surface area contributed by atoms with Gasteiger partial charge in [0.05, 0.1) is 6.04 Å². The summed E-state index contributed by atoms with van der Waals surface area (Å²) >= 11 is 0. The molecule has 1 aromatic rings. The molecule has 0 unspecified atom stereocenters. The standard InChI is InChI=1S/C15H23N3O/c1-15(2,3)13(16)14(19)18(12-6-7-12)10-11-5-4-8-17-9-11/h4-5,8-9,12-13H,6-7,10,16H2,1-3H3/t13-/m1/s1. The van der Waals surface area contributed by atoms with Crippen molar-refractivity contribution in [3.8, 4) is 0 Å². The van der Waals surface area contributed by atoms with Gasteiger partial charge < -0.3 is 10.6 Å². The van der Waals surface area contributed by atoms with Gasteiger partial charge in [-0.1, -0.05) is 26.8 Å². The van der Waals surface area contributed by atoms with E-state index in [1.54, 1.807) is 6.20 Å². The average molecular weight is 261 g/mol. The molecule has 0 aliphatic heterocycles. The van der Waals surface area contributed by atoms with E-state index in [4.69, 9.17) is 5.73 Å². The van der Waals surface area contributed by atoms with Gasteiger partial charge in [0.2, 0.25) is 5.91 Å². The molecular weight excluding hydrogens is 238 g/mol. The first-order chi connectivity index (χ1) is 8.89. The Morgan fingerprint density at radius 1 is 1.53 bits per heavy atom. The second-order valence-electron chi connectivity index (χ2n) is 6.40. The third kappa shape index (κ3) is 3.53. The molecule has 104 valence electrons. The number of nitrogens with zero attached hydrogens (tertiary/aromatic N) is 2. The molecule has 1 fully saturated rings. The van der Waals surface area contributed by atoms with Crippen LogP contribution in [-0.2, 0) is 11.3 Å². The van der Waals surface area contributed by atoms with Gasteiger partial charge in [-0.15, -0.1) is 0 Å². The van der Waals surface area contributed by atoms with E-state index in [-0.39, 0.29) is 11.3 Å². The zero-order valence-corrected chi connectivity index (χ0v) is 12.0. The van der Waals surface area contributed by atoms with Crippen LogP contribution in [-0.4, -0.2) is 27.9 Å². The van der Waals surface area contributed by atoms with E-state index >= 15 is 0 Å². The van der Waals surface area contributed by atoms with Crippen LogP contribution in [0.5, 0.6) is 0 Å². The largest absolute Gasteiger partial charge is 0.334 e. The lowest BCUT2D eigenvalue weighted by Gasteiger charge is -2.32. The van der Waals surface area contributed by atoms with Gasteiger partial charge in [0.25, 0.3) is 0 Å². The van der Waals surface area contributed by atoms with E-state index in [1.165, 1.54) is 0 Å². The van der Waals surface area contributed by atoms with Crippen molar-refractivity contribution < 1.29 is 4.79 Å². The minimum Gasteiger partial charge on any atom is -0.334 e. The van der Waals surface area contributed by atoms with Crippen LogP contribution >= 0.6 is 0 Å². The number of pyridine rings is 1. The molecule has 4 nitrogen and oxygen atoms in total. The lowest BCUT2D eigenvalue weighted by Crippen LogP contribution is -2.50. The maximum absolute atomic E-state index is 12.6. The van der Waals surface area contributed by atoms with Gasteiger partial charge >= 0.3 is 0 Å². The summed E-state index contributed by atoms with van der Waals surface area (Å²) in [5.41, 5.74) is 6.96. The first-order valence-electron chi connectivity index (χ1n) is 6.84. The van der Waals surface area contributed by atoms with Crippen LogP contribution in [0.3, 0.4) is 0 Å². The van der Waals surface area contributed by atoms with Gasteiger partial charge in [0.15, 0.2) is 0 Å². The van der Waals surface area contributed by atoms with E-state index in [1.807, 2.05) is 44.0 Å². The van der Waals surface area contributed by atoms with Gasteiger partial charge in [-0.05, 0) is 29.9 Å². The quantitative estimate of drug-likeness (QED) is 0.901. The Bertz CT molecular complexity index is 434. The summed E-state index contributed by atoms with van der Waals surface area (Å²) in [6.07, 6.45) is 5.73. The Labute approximate surface area is 115 Å². The van der Waals surface area contributed by atoms with Crippen molar-refractivity contribution in [2.45, 2.75) is 52.2 Å². The molecule has 19 heavy (non-hydrogen) atoms. The molecule has 1 amide bonds. The first-order valence-corrected chi connectivity index (χ1v) is 6.84. The van der Waals surface area contributed by atoms with Gasteiger partial charge in [-0.25, -0.2) is 0 Å². The van der Waals surface area contributed by atoms with Gasteiger partial charge in [0.1, 0.15) is 0 Å². The van der Waals surface area contributed by atoms with Gasteiger partial charge in [-0.2, -0.15) is 0 Å². The van der Waals surface area contributed by atoms with Gasteiger partial charge in [-0.3, -0.25) is 9.78 Å². The highest BCUT2D eigenvalue weighted by Gasteiger charge is 2.38. The molecule has 2 N–H and O–H groups in total. The van der Waals surface area contributed by atoms with Crippen molar-refractivity contribution in [3.63, 3.8) is 0 Å². The molecule has 0 aromatic carbocycles. The number of nitrogens with two attached hydrogens (primary N) is 1. The summed E-state index contributed by atoms with van der Waals surface area (Å²) in [6.45, 7) is 6.63. The van der Waals surface area contributed by atoms with E-state index in [0.717, 1.165) is 18.4 Å². The zero-order valence-electron chi connectivity index (χ0n) is 12.0. The molecular formula is C15H23N3O. The highest BCUT2D eigenvalue weighted by molar-refractivity contribution is 5.83. The number of carbonyl (C=O) groups excluding carboxylic acids is 1.